The number of nitrogens with two attached hydrogens (primary N) is 1. The smallest absolute Gasteiger partial charge is 0.314 e. The van der Waals surface area contributed by atoms with E-state index in [2.05, 4.69) is 32.4 Å². The number of aromatic nitrogens is 4. The second-order valence-electron chi connectivity index (χ2n) is 8.56. The predicted octanol–water partition coefficient (Wildman–Crippen LogP) is 2.41. The Bertz CT molecular complexity index is 1170. The van der Waals surface area contributed by atoms with Gasteiger partial charge in [0.15, 0.2) is 0 Å². The zero-order valence-electron chi connectivity index (χ0n) is 17.7. The van der Waals surface area contributed by atoms with Gasteiger partial charge in [0.2, 0.25) is 5.88 Å². The molecule has 0 aromatic carbocycles. The SMILES string of the molecule is CC1CCC(c2ccnc(OC3CC3)c2)N(C(=O)C(=O)Nc2cnc(N)c3c[nH]nc23)C1. The van der Waals surface area contributed by atoms with Crippen molar-refractivity contribution in [2.24, 2.45) is 5.92 Å². The molecule has 2 amide bonds. The molecule has 2 atom stereocenters. The van der Waals surface area contributed by atoms with Gasteiger partial charge in [0.05, 0.1) is 23.3 Å². The summed E-state index contributed by atoms with van der Waals surface area (Å²) in [6, 6.07) is 3.55. The number of rotatable bonds is 4. The van der Waals surface area contributed by atoms with Gasteiger partial charge < -0.3 is 20.7 Å². The fourth-order valence-corrected chi connectivity index (χ4v) is 4.13. The standard InChI is InChI=1S/C22H25N7O3/c1-12-2-5-17(13-6-7-24-18(8-13)32-14-3-4-14)29(11-12)22(31)21(30)27-16-10-25-20(23)15-9-26-28-19(15)16/h6-10,12,14,17H,2-5,11H2,1H3,(H2,23,25)(H,26,28)(H,27,30). The van der Waals surface area contributed by atoms with Crippen molar-refractivity contribution in [3.05, 3.63) is 36.3 Å². The number of hydrogen-bond acceptors (Lipinski definition) is 7. The zero-order chi connectivity index (χ0) is 22.2. The molecule has 10 heteroatoms. The normalized spacial score (nSPS) is 20.8. The number of nitrogens with zero attached hydrogens (tertiary/aromatic N) is 4. The number of pyridine rings is 2. The van der Waals surface area contributed by atoms with E-state index in [1.54, 1.807) is 17.3 Å². The number of aromatic amines is 1. The number of hydrogen-bond donors (Lipinski definition) is 3. The lowest BCUT2D eigenvalue weighted by Gasteiger charge is -2.38. The summed E-state index contributed by atoms with van der Waals surface area (Å²) in [5.74, 6) is -0.172. The van der Waals surface area contributed by atoms with Crippen LogP contribution in [-0.2, 0) is 9.59 Å². The zero-order valence-corrected chi connectivity index (χ0v) is 17.7. The molecule has 2 unspecified atom stereocenters. The maximum Gasteiger partial charge on any atom is 0.314 e. The van der Waals surface area contributed by atoms with Crippen molar-refractivity contribution in [1.29, 1.82) is 0 Å². The van der Waals surface area contributed by atoms with Gasteiger partial charge in [-0.25, -0.2) is 9.97 Å². The van der Waals surface area contributed by atoms with Gasteiger partial charge in [-0.2, -0.15) is 5.10 Å². The van der Waals surface area contributed by atoms with Crippen molar-refractivity contribution < 1.29 is 14.3 Å². The molecule has 10 nitrogen and oxygen atoms in total. The third kappa shape index (κ3) is 3.95. The maximum absolute atomic E-state index is 13.2. The maximum atomic E-state index is 13.2. The number of amides is 2. The number of ether oxygens (including phenoxy) is 1. The predicted molar refractivity (Wildman–Crippen MR) is 118 cm³/mol. The lowest BCUT2D eigenvalue weighted by Crippen LogP contribution is -2.46. The Morgan fingerprint density at radius 3 is 2.91 bits per heavy atom. The molecule has 32 heavy (non-hydrogen) atoms. The van der Waals surface area contributed by atoms with E-state index < -0.39 is 11.8 Å². The van der Waals surface area contributed by atoms with Crippen LogP contribution < -0.4 is 15.8 Å². The van der Waals surface area contributed by atoms with Crippen molar-refractivity contribution in [2.75, 3.05) is 17.6 Å². The van der Waals surface area contributed by atoms with E-state index in [9.17, 15) is 9.59 Å². The summed E-state index contributed by atoms with van der Waals surface area (Å²) in [5.41, 5.74) is 7.56. The summed E-state index contributed by atoms with van der Waals surface area (Å²) < 4.78 is 5.82. The van der Waals surface area contributed by atoms with Crippen LogP contribution in [0, 0.1) is 5.92 Å². The second kappa shape index (κ2) is 8.10. The Labute approximate surface area is 184 Å². The molecule has 166 valence electrons. The molecule has 0 radical (unpaired) electrons. The van der Waals surface area contributed by atoms with Gasteiger partial charge in [0.25, 0.3) is 0 Å². The number of nitrogen functional groups attached to an aromatic ring is 1. The van der Waals surface area contributed by atoms with Gasteiger partial charge in [-0.3, -0.25) is 14.7 Å². The van der Waals surface area contributed by atoms with E-state index in [-0.39, 0.29) is 12.1 Å². The number of anilines is 2. The van der Waals surface area contributed by atoms with E-state index in [0.29, 0.717) is 40.8 Å². The summed E-state index contributed by atoms with van der Waals surface area (Å²) in [6.07, 6.45) is 8.75. The summed E-state index contributed by atoms with van der Waals surface area (Å²) in [4.78, 5) is 36.2. The van der Waals surface area contributed by atoms with Gasteiger partial charge in [-0.15, -0.1) is 0 Å². The van der Waals surface area contributed by atoms with Gasteiger partial charge >= 0.3 is 11.8 Å². The van der Waals surface area contributed by atoms with Crippen molar-refractivity contribution in [2.45, 2.75) is 44.8 Å². The summed E-state index contributed by atoms with van der Waals surface area (Å²) in [6.45, 7) is 2.58. The van der Waals surface area contributed by atoms with Crippen LogP contribution in [0.5, 0.6) is 5.88 Å². The highest BCUT2D eigenvalue weighted by molar-refractivity contribution is 6.40. The van der Waals surface area contributed by atoms with Crippen LogP contribution in [0.15, 0.2) is 30.7 Å². The second-order valence-corrected chi connectivity index (χ2v) is 8.56. The molecule has 1 aliphatic heterocycles. The van der Waals surface area contributed by atoms with Gasteiger partial charge in [0.1, 0.15) is 17.4 Å². The first-order chi connectivity index (χ1) is 15.5. The Balaban J connectivity index is 1.37. The molecule has 1 aliphatic carbocycles. The quantitative estimate of drug-likeness (QED) is 0.535. The molecule has 3 aromatic heterocycles. The topological polar surface area (TPSA) is 139 Å². The summed E-state index contributed by atoms with van der Waals surface area (Å²) in [5, 5.41) is 10.1. The number of fused-ring (bicyclic) bond motifs is 1. The molecule has 0 spiro atoms. The average Bonchev–Trinajstić information content (AvgIpc) is 3.45. The van der Waals surface area contributed by atoms with E-state index >= 15 is 0 Å². The van der Waals surface area contributed by atoms with Gasteiger partial charge in [-0.05, 0) is 43.2 Å². The Kier molecular flexibility index (Phi) is 5.12. The molecule has 2 fully saturated rings. The largest absolute Gasteiger partial charge is 0.474 e. The number of nitrogens with one attached hydrogen (secondary N) is 2. The number of H-pyrrole nitrogens is 1. The minimum atomic E-state index is -0.733. The first-order valence-electron chi connectivity index (χ1n) is 10.8. The molecule has 5 rings (SSSR count). The molecule has 4 N–H and O–H groups in total. The van der Waals surface area contributed by atoms with Crippen LogP contribution in [0.2, 0.25) is 0 Å². The van der Waals surface area contributed by atoms with Crippen LogP contribution >= 0.6 is 0 Å². The van der Waals surface area contributed by atoms with E-state index in [1.807, 2.05) is 12.1 Å². The monoisotopic (exact) mass is 435 g/mol. The van der Waals surface area contributed by atoms with Crippen LogP contribution in [0.25, 0.3) is 10.9 Å². The molecule has 0 bridgehead atoms. The Hall–Kier alpha value is -3.69. The number of carbonyl (C=O) groups is 2. The molecule has 2 aliphatic rings. The van der Waals surface area contributed by atoms with Crippen molar-refractivity contribution in [3.63, 3.8) is 0 Å². The fourth-order valence-electron chi connectivity index (χ4n) is 4.13. The fraction of sp³-hybridized carbons (Fsp3) is 0.409. The van der Waals surface area contributed by atoms with Crippen molar-refractivity contribution in [1.82, 2.24) is 25.1 Å². The van der Waals surface area contributed by atoms with Crippen LogP contribution in [0.4, 0.5) is 11.5 Å². The first kappa shape index (κ1) is 20.2. The van der Waals surface area contributed by atoms with E-state index in [4.69, 9.17) is 10.5 Å². The molecular formula is C22H25N7O3. The highest BCUT2D eigenvalue weighted by Gasteiger charge is 2.35. The third-order valence-corrected chi connectivity index (χ3v) is 5.98. The molecule has 4 heterocycles. The lowest BCUT2D eigenvalue weighted by molar-refractivity contribution is -0.146. The van der Waals surface area contributed by atoms with Gasteiger partial charge in [-0.1, -0.05) is 6.92 Å². The van der Waals surface area contributed by atoms with Gasteiger partial charge in [0, 0.05) is 25.0 Å². The van der Waals surface area contributed by atoms with Crippen LogP contribution in [0.3, 0.4) is 0 Å². The first-order valence-corrected chi connectivity index (χ1v) is 10.8. The molecule has 1 saturated heterocycles. The van der Waals surface area contributed by atoms with Crippen LogP contribution in [-0.4, -0.2) is 49.5 Å². The summed E-state index contributed by atoms with van der Waals surface area (Å²) in [7, 11) is 0. The molecule has 1 saturated carbocycles. The minimum Gasteiger partial charge on any atom is -0.474 e. The van der Waals surface area contributed by atoms with Crippen molar-refractivity contribution >= 4 is 34.2 Å². The summed E-state index contributed by atoms with van der Waals surface area (Å²) >= 11 is 0. The lowest BCUT2D eigenvalue weighted by atomic mass is 9.90. The molecule has 3 aromatic rings. The Morgan fingerprint density at radius 1 is 1.25 bits per heavy atom. The number of piperidine rings is 1. The number of carbonyl (C=O) groups excluding carboxylic acids is 2. The average molecular weight is 435 g/mol. The van der Waals surface area contributed by atoms with Crippen LogP contribution in [0.1, 0.15) is 44.2 Å². The Morgan fingerprint density at radius 2 is 2.09 bits per heavy atom. The third-order valence-electron chi connectivity index (χ3n) is 5.98. The number of likely N-dealkylation sites (tertiary alicyclic amines) is 1. The highest BCUT2D eigenvalue weighted by atomic mass is 16.5. The highest BCUT2D eigenvalue weighted by Crippen LogP contribution is 2.35. The molecular weight excluding hydrogens is 410 g/mol. The van der Waals surface area contributed by atoms with Crippen molar-refractivity contribution in [3.8, 4) is 5.88 Å². The van der Waals surface area contributed by atoms with E-state index in [1.165, 1.54) is 6.20 Å². The van der Waals surface area contributed by atoms with E-state index in [0.717, 1.165) is 31.2 Å². The minimum absolute atomic E-state index is 0.219.